The second-order valence-electron chi connectivity index (χ2n) is 7.07. The molecule has 2 aliphatic rings. The normalized spacial score (nSPS) is 29.2. The van der Waals surface area contributed by atoms with Crippen molar-refractivity contribution in [3.05, 3.63) is 15.9 Å². The third-order valence-electron chi connectivity index (χ3n) is 5.64. The molecule has 0 spiro atoms. The molecule has 3 nitrogen and oxygen atoms in total. The first-order valence-electron chi connectivity index (χ1n) is 8.51. The van der Waals surface area contributed by atoms with Gasteiger partial charge in [-0.2, -0.15) is 5.10 Å². The molecule has 0 saturated heterocycles. The second kappa shape index (κ2) is 6.41. The molecule has 1 N–H and O–H groups in total. The van der Waals surface area contributed by atoms with Gasteiger partial charge in [0, 0.05) is 19.5 Å². The average Bonchev–Trinajstić information content (AvgIpc) is 3.14. The minimum Gasteiger partial charge on any atom is -0.313 e. The predicted octanol–water partition coefficient (Wildman–Crippen LogP) is 3.84. The van der Waals surface area contributed by atoms with E-state index in [1.54, 1.807) is 0 Å². The summed E-state index contributed by atoms with van der Waals surface area (Å²) < 4.78 is 3.27. The summed E-state index contributed by atoms with van der Waals surface area (Å²) in [6.45, 7) is 5.47. The van der Waals surface area contributed by atoms with Crippen molar-refractivity contribution in [2.45, 2.75) is 58.4 Å². The molecule has 4 unspecified atom stereocenters. The molecule has 1 heterocycles. The fourth-order valence-corrected chi connectivity index (χ4v) is 5.10. The molecular formula is C17H28BrN3. The van der Waals surface area contributed by atoms with Crippen LogP contribution >= 0.6 is 15.9 Å². The molecule has 0 radical (unpaired) electrons. The Morgan fingerprint density at radius 2 is 2.19 bits per heavy atom. The molecule has 2 saturated carbocycles. The van der Waals surface area contributed by atoms with E-state index in [9.17, 15) is 0 Å². The van der Waals surface area contributed by atoms with Crippen LogP contribution in [0.2, 0.25) is 0 Å². The van der Waals surface area contributed by atoms with Crippen molar-refractivity contribution < 1.29 is 0 Å². The molecule has 21 heavy (non-hydrogen) atoms. The van der Waals surface area contributed by atoms with Crippen LogP contribution in [0, 0.1) is 24.7 Å². The molecule has 1 aromatic rings. The quantitative estimate of drug-likeness (QED) is 0.841. The highest BCUT2D eigenvalue weighted by atomic mass is 79.9. The predicted molar refractivity (Wildman–Crippen MR) is 90.4 cm³/mol. The van der Waals surface area contributed by atoms with Gasteiger partial charge < -0.3 is 5.32 Å². The minimum absolute atomic E-state index is 0.617. The van der Waals surface area contributed by atoms with E-state index in [0.29, 0.717) is 6.04 Å². The largest absolute Gasteiger partial charge is 0.313 e. The molecule has 118 valence electrons. The van der Waals surface area contributed by atoms with Crippen LogP contribution in [-0.4, -0.2) is 22.4 Å². The molecule has 4 heteroatoms. The summed E-state index contributed by atoms with van der Waals surface area (Å²) in [5.41, 5.74) is 2.46. The Hall–Kier alpha value is -0.350. The molecule has 3 rings (SSSR count). The van der Waals surface area contributed by atoms with E-state index >= 15 is 0 Å². The Morgan fingerprint density at radius 3 is 2.71 bits per heavy atom. The smallest absolute Gasteiger partial charge is 0.0738 e. The number of halogens is 1. The van der Waals surface area contributed by atoms with Crippen molar-refractivity contribution in [1.82, 2.24) is 15.1 Å². The summed E-state index contributed by atoms with van der Waals surface area (Å²) in [5.74, 6) is 2.86. The standard InChI is InChI=1S/C17H28BrN3/c1-4-7-19-15(14-9-12-5-6-13(14)8-12)10-16-17(18)11(2)20-21(16)3/h12-15,19H,4-10H2,1-3H3. The zero-order valence-corrected chi connectivity index (χ0v) is 15.1. The highest BCUT2D eigenvalue weighted by Gasteiger charge is 2.43. The SMILES string of the molecule is CCCNC(Cc1c(Br)c(C)nn1C)C1CC2CCC1C2. The Morgan fingerprint density at radius 1 is 1.38 bits per heavy atom. The van der Waals surface area contributed by atoms with Gasteiger partial charge in [-0.25, -0.2) is 0 Å². The van der Waals surface area contributed by atoms with Crippen LogP contribution < -0.4 is 5.32 Å². The summed E-state index contributed by atoms with van der Waals surface area (Å²) in [7, 11) is 2.07. The Balaban J connectivity index is 1.76. The summed E-state index contributed by atoms with van der Waals surface area (Å²) in [4.78, 5) is 0. The molecule has 0 amide bonds. The van der Waals surface area contributed by atoms with Crippen LogP contribution in [0.25, 0.3) is 0 Å². The maximum absolute atomic E-state index is 4.56. The van der Waals surface area contributed by atoms with Crippen molar-refractivity contribution in [2.75, 3.05) is 6.54 Å². The Labute approximate surface area is 137 Å². The first kappa shape index (κ1) is 15.5. The van der Waals surface area contributed by atoms with Gasteiger partial charge in [-0.3, -0.25) is 4.68 Å². The van der Waals surface area contributed by atoms with Crippen molar-refractivity contribution in [3.8, 4) is 0 Å². The lowest BCUT2D eigenvalue weighted by molar-refractivity contribution is 0.244. The van der Waals surface area contributed by atoms with Crippen LogP contribution in [0.4, 0.5) is 0 Å². The molecule has 4 atom stereocenters. The molecule has 2 aliphatic carbocycles. The number of hydrogen-bond acceptors (Lipinski definition) is 2. The van der Waals surface area contributed by atoms with Gasteiger partial charge in [0.1, 0.15) is 0 Å². The topological polar surface area (TPSA) is 29.9 Å². The summed E-state index contributed by atoms with van der Waals surface area (Å²) >= 11 is 3.74. The fraction of sp³-hybridized carbons (Fsp3) is 0.824. The van der Waals surface area contributed by atoms with Crippen LogP contribution in [0.1, 0.15) is 50.4 Å². The third kappa shape index (κ3) is 3.07. The van der Waals surface area contributed by atoms with Crippen molar-refractivity contribution in [1.29, 1.82) is 0 Å². The molecule has 0 aromatic carbocycles. The van der Waals surface area contributed by atoms with Gasteiger partial charge in [-0.15, -0.1) is 0 Å². The lowest BCUT2D eigenvalue weighted by atomic mass is 9.81. The monoisotopic (exact) mass is 353 g/mol. The third-order valence-corrected chi connectivity index (χ3v) is 6.67. The Kier molecular flexibility index (Phi) is 4.75. The molecule has 1 aromatic heterocycles. The number of rotatable bonds is 6. The maximum Gasteiger partial charge on any atom is 0.0738 e. The summed E-state index contributed by atoms with van der Waals surface area (Å²) in [5, 5.41) is 8.41. The number of aromatic nitrogens is 2. The van der Waals surface area contributed by atoms with E-state index in [0.717, 1.165) is 36.4 Å². The first-order valence-corrected chi connectivity index (χ1v) is 9.30. The fourth-order valence-electron chi connectivity index (χ4n) is 4.60. The van der Waals surface area contributed by atoms with E-state index in [2.05, 4.69) is 51.9 Å². The van der Waals surface area contributed by atoms with E-state index in [-0.39, 0.29) is 0 Å². The van der Waals surface area contributed by atoms with Gasteiger partial charge in [0.05, 0.1) is 15.9 Å². The first-order chi connectivity index (χ1) is 10.1. The van der Waals surface area contributed by atoms with Crippen molar-refractivity contribution >= 4 is 15.9 Å². The number of fused-ring (bicyclic) bond motifs is 2. The zero-order valence-electron chi connectivity index (χ0n) is 13.5. The van der Waals surface area contributed by atoms with Gasteiger partial charge in [0.2, 0.25) is 0 Å². The molecular weight excluding hydrogens is 326 g/mol. The lowest BCUT2D eigenvalue weighted by Gasteiger charge is -2.31. The zero-order chi connectivity index (χ0) is 15.0. The Bertz CT molecular complexity index is 496. The minimum atomic E-state index is 0.617. The van der Waals surface area contributed by atoms with E-state index in [1.807, 2.05) is 0 Å². The van der Waals surface area contributed by atoms with Gasteiger partial charge in [-0.05, 0) is 72.8 Å². The van der Waals surface area contributed by atoms with Crippen LogP contribution in [-0.2, 0) is 13.5 Å². The highest BCUT2D eigenvalue weighted by molar-refractivity contribution is 9.10. The lowest BCUT2D eigenvalue weighted by Crippen LogP contribution is -2.41. The summed E-state index contributed by atoms with van der Waals surface area (Å²) in [6, 6.07) is 0.617. The number of hydrogen-bond donors (Lipinski definition) is 1. The van der Waals surface area contributed by atoms with E-state index in [1.165, 1.54) is 42.3 Å². The second-order valence-corrected chi connectivity index (χ2v) is 7.87. The maximum atomic E-state index is 4.56. The highest BCUT2D eigenvalue weighted by Crippen LogP contribution is 2.50. The van der Waals surface area contributed by atoms with E-state index < -0.39 is 0 Å². The van der Waals surface area contributed by atoms with Gasteiger partial charge in [0.15, 0.2) is 0 Å². The summed E-state index contributed by atoms with van der Waals surface area (Å²) in [6.07, 6.45) is 8.19. The van der Waals surface area contributed by atoms with Crippen LogP contribution in [0.3, 0.4) is 0 Å². The van der Waals surface area contributed by atoms with Gasteiger partial charge >= 0.3 is 0 Å². The molecule has 2 fully saturated rings. The van der Waals surface area contributed by atoms with Gasteiger partial charge in [0.25, 0.3) is 0 Å². The number of aryl methyl sites for hydroxylation is 2. The average molecular weight is 354 g/mol. The number of nitrogens with zero attached hydrogens (tertiary/aromatic N) is 2. The molecule has 0 aliphatic heterocycles. The van der Waals surface area contributed by atoms with Crippen LogP contribution in [0.15, 0.2) is 4.47 Å². The van der Waals surface area contributed by atoms with Gasteiger partial charge in [-0.1, -0.05) is 13.3 Å². The number of nitrogens with one attached hydrogen (secondary N) is 1. The van der Waals surface area contributed by atoms with E-state index in [4.69, 9.17) is 0 Å². The van der Waals surface area contributed by atoms with Crippen molar-refractivity contribution in [3.63, 3.8) is 0 Å². The van der Waals surface area contributed by atoms with Crippen LogP contribution in [0.5, 0.6) is 0 Å². The molecule has 2 bridgehead atoms. The van der Waals surface area contributed by atoms with Crippen molar-refractivity contribution in [2.24, 2.45) is 24.8 Å².